The highest BCUT2D eigenvalue weighted by atomic mass is 16.5. The highest BCUT2D eigenvalue weighted by Crippen LogP contribution is 2.32. The lowest BCUT2D eigenvalue weighted by atomic mass is 9.80. The van der Waals surface area contributed by atoms with Crippen molar-refractivity contribution in [1.82, 2.24) is 0 Å². The quantitative estimate of drug-likeness (QED) is 0.130. The zero-order valence-electron chi connectivity index (χ0n) is 26.5. The van der Waals surface area contributed by atoms with Gasteiger partial charge in [-0.05, 0) is 74.7 Å². The number of ketones is 2. The lowest BCUT2D eigenvalue weighted by molar-refractivity contribution is -0.124. The number of carbonyl (C=O) groups excluding carboxylic acids is 2. The van der Waals surface area contributed by atoms with Crippen LogP contribution in [0.2, 0.25) is 0 Å². The van der Waals surface area contributed by atoms with Crippen molar-refractivity contribution >= 4 is 11.6 Å². The van der Waals surface area contributed by atoms with Gasteiger partial charge in [0.05, 0.1) is 12.2 Å². The highest BCUT2D eigenvalue weighted by molar-refractivity contribution is 5.83. The summed E-state index contributed by atoms with van der Waals surface area (Å²) in [7, 11) is 1.81. The first-order valence-corrected chi connectivity index (χ1v) is 15.7. The number of ether oxygens (including phenoxy) is 1. The molecule has 39 heavy (non-hydrogen) atoms. The van der Waals surface area contributed by atoms with Gasteiger partial charge in [0.2, 0.25) is 0 Å². The van der Waals surface area contributed by atoms with Crippen LogP contribution in [0, 0.1) is 35.5 Å². The van der Waals surface area contributed by atoms with Crippen molar-refractivity contribution in [3.05, 3.63) is 36.0 Å². The largest absolute Gasteiger partial charge is 0.388 e. The Hall–Kier alpha value is -1.52. The van der Waals surface area contributed by atoms with Crippen molar-refractivity contribution in [1.29, 1.82) is 0 Å². The summed E-state index contributed by atoms with van der Waals surface area (Å²) in [6, 6.07) is 0. The molecule has 0 spiro atoms. The van der Waals surface area contributed by atoms with Gasteiger partial charge >= 0.3 is 0 Å². The number of rotatable bonds is 19. The van der Waals surface area contributed by atoms with Gasteiger partial charge in [0.25, 0.3) is 0 Å². The van der Waals surface area contributed by atoms with E-state index in [1.165, 1.54) is 32.1 Å². The normalized spacial score (nSPS) is 23.5. The van der Waals surface area contributed by atoms with Crippen LogP contribution in [0.4, 0.5) is 0 Å². The van der Waals surface area contributed by atoms with Gasteiger partial charge in [-0.25, -0.2) is 0 Å². The lowest BCUT2D eigenvalue weighted by Gasteiger charge is -2.30. The van der Waals surface area contributed by atoms with Gasteiger partial charge < -0.3 is 9.84 Å². The average Bonchev–Trinajstić information content (AvgIpc) is 2.90. The number of allylic oxidation sites excluding steroid dienone is 5. The zero-order chi connectivity index (χ0) is 29.4. The van der Waals surface area contributed by atoms with Crippen LogP contribution in [0.15, 0.2) is 36.0 Å². The van der Waals surface area contributed by atoms with E-state index in [-0.39, 0.29) is 29.8 Å². The Bertz CT molecular complexity index is 794. The number of methoxy groups -OCH3 is 1. The molecule has 8 unspecified atom stereocenters. The van der Waals surface area contributed by atoms with Crippen LogP contribution in [0.3, 0.4) is 0 Å². The molecule has 0 bridgehead atoms. The maximum atomic E-state index is 12.8. The van der Waals surface area contributed by atoms with Gasteiger partial charge in [0.15, 0.2) is 0 Å². The number of carbonyl (C=O) groups is 2. The molecule has 0 heterocycles. The Labute approximate surface area is 240 Å². The molecule has 0 aliphatic heterocycles. The molecule has 0 aromatic heterocycles. The van der Waals surface area contributed by atoms with Crippen molar-refractivity contribution in [3.8, 4) is 0 Å². The Morgan fingerprint density at radius 3 is 2.41 bits per heavy atom. The van der Waals surface area contributed by atoms with Crippen molar-refractivity contribution < 1.29 is 19.4 Å². The third kappa shape index (κ3) is 15.2. The molecule has 8 atom stereocenters. The molecular formula is C35H60O4. The fourth-order valence-electron chi connectivity index (χ4n) is 5.70. The Balaban J connectivity index is 2.43. The third-order valence-corrected chi connectivity index (χ3v) is 8.83. The summed E-state index contributed by atoms with van der Waals surface area (Å²) < 4.78 is 5.57. The van der Waals surface area contributed by atoms with Crippen LogP contribution in [-0.2, 0) is 14.3 Å². The minimum Gasteiger partial charge on any atom is -0.388 e. The first-order valence-electron chi connectivity index (χ1n) is 15.7. The van der Waals surface area contributed by atoms with Crippen LogP contribution < -0.4 is 0 Å². The van der Waals surface area contributed by atoms with Crippen LogP contribution in [0.25, 0.3) is 0 Å². The monoisotopic (exact) mass is 544 g/mol. The van der Waals surface area contributed by atoms with Gasteiger partial charge in [0.1, 0.15) is 11.6 Å². The number of Topliss-reactive ketones (excluding diaryl/α,β-unsaturated/α-hetero) is 2. The molecule has 1 fully saturated rings. The second kappa shape index (κ2) is 19.5. The van der Waals surface area contributed by atoms with E-state index in [2.05, 4.69) is 52.0 Å². The minimum absolute atomic E-state index is 0.0778. The summed E-state index contributed by atoms with van der Waals surface area (Å²) in [5.74, 6) is 2.17. The van der Waals surface area contributed by atoms with Gasteiger partial charge in [-0.15, -0.1) is 0 Å². The molecule has 0 amide bonds. The maximum Gasteiger partial charge on any atom is 0.139 e. The summed E-state index contributed by atoms with van der Waals surface area (Å²) in [6.07, 6.45) is 20.6. The topological polar surface area (TPSA) is 63.6 Å². The summed E-state index contributed by atoms with van der Waals surface area (Å²) in [5, 5.41) is 10.7. The van der Waals surface area contributed by atoms with E-state index in [0.717, 1.165) is 31.3 Å². The lowest BCUT2D eigenvalue weighted by Crippen LogP contribution is -2.23. The van der Waals surface area contributed by atoms with E-state index in [4.69, 9.17) is 4.74 Å². The molecule has 4 nitrogen and oxygen atoms in total. The standard InChI is InChI=1S/C35H60O4/c1-9-25(2)14-11-10-12-15-26(3)20-28(5)34(37)24-35(38)30(7)22-29(6)33(36)19-18-27(4)21-31-16-13-17-32(23-31)39-8/h10-12,15,22,25-29,31-32,35,38H,9,13-14,16-21,23-24H2,1-8H3. The molecule has 0 aromatic carbocycles. The Morgan fingerprint density at radius 1 is 1.03 bits per heavy atom. The van der Waals surface area contributed by atoms with Crippen molar-refractivity contribution in [2.24, 2.45) is 35.5 Å². The van der Waals surface area contributed by atoms with E-state index in [1.807, 2.05) is 34.0 Å². The van der Waals surface area contributed by atoms with Crippen LogP contribution >= 0.6 is 0 Å². The molecular weight excluding hydrogens is 484 g/mol. The zero-order valence-corrected chi connectivity index (χ0v) is 26.5. The fourth-order valence-corrected chi connectivity index (χ4v) is 5.70. The SMILES string of the molecule is CCC(C)CC=CC=CC(C)CC(C)C(=O)CC(O)C(C)=CC(C)C(=O)CCC(C)CC1CCCC(OC)C1. The van der Waals surface area contributed by atoms with E-state index < -0.39 is 6.10 Å². The van der Waals surface area contributed by atoms with Gasteiger partial charge in [-0.3, -0.25) is 9.59 Å². The molecule has 0 aromatic rings. The van der Waals surface area contributed by atoms with Gasteiger partial charge in [0, 0.05) is 31.8 Å². The summed E-state index contributed by atoms with van der Waals surface area (Å²) in [5.41, 5.74) is 0.719. The van der Waals surface area contributed by atoms with E-state index in [0.29, 0.717) is 36.2 Å². The molecule has 4 heteroatoms. The third-order valence-electron chi connectivity index (χ3n) is 8.83. The second-order valence-electron chi connectivity index (χ2n) is 12.8. The molecule has 1 aliphatic rings. The number of aliphatic hydroxyl groups excluding tert-OH is 1. The molecule has 1 saturated carbocycles. The Morgan fingerprint density at radius 2 is 1.74 bits per heavy atom. The van der Waals surface area contributed by atoms with Crippen molar-refractivity contribution in [3.63, 3.8) is 0 Å². The van der Waals surface area contributed by atoms with Crippen LogP contribution in [0.5, 0.6) is 0 Å². The molecule has 1 aliphatic carbocycles. The predicted octanol–water partition coefficient (Wildman–Crippen LogP) is 8.68. The predicted molar refractivity (Wildman–Crippen MR) is 165 cm³/mol. The van der Waals surface area contributed by atoms with Gasteiger partial charge in [-0.2, -0.15) is 0 Å². The van der Waals surface area contributed by atoms with Gasteiger partial charge in [-0.1, -0.05) is 91.2 Å². The van der Waals surface area contributed by atoms with E-state index in [9.17, 15) is 14.7 Å². The molecule has 0 radical (unpaired) electrons. The second-order valence-corrected chi connectivity index (χ2v) is 12.8. The maximum absolute atomic E-state index is 12.8. The average molecular weight is 545 g/mol. The minimum atomic E-state index is -0.830. The number of aliphatic hydroxyl groups is 1. The Kier molecular flexibility index (Phi) is 17.8. The molecule has 224 valence electrons. The first-order chi connectivity index (χ1) is 18.5. The summed E-state index contributed by atoms with van der Waals surface area (Å²) in [4.78, 5) is 25.6. The molecule has 1 N–H and O–H groups in total. The molecule has 1 rings (SSSR count). The van der Waals surface area contributed by atoms with Crippen molar-refractivity contribution in [2.45, 2.75) is 131 Å². The van der Waals surface area contributed by atoms with Crippen LogP contribution in [0.1, 0.15) is 119 Å². The fraction of sp³-hybridized carbons (Fsp3) is 0.771. The van der Waals surface area contributed by atoms with E-state index >= 15 is 0 Å². The molecule has 0 saturated heterocycles. The summed E-state index contributed by atoms with van der Waals surface area (Å²) in [6.45, 7) is 14.5. The summed E-state index contributed by atoms with van der Waals surface area (Å²) >= 11 is 0. The van der Waals surface area contributed by atoms with Crippen molar-refractivity contribution in [2.75, 3.05) is 7.11 Å². The van der Waals surface area contributed by atoms with E-state index in [1.54, 1.807) is 0 Å². The number of hydrogen-bond donors (Lipinski definition) is 1. The number of hydrogen-bond acceptors (Lipinski definition) is 4. The van der Waals surface area contributed by atoms with Crippen LogP contribution in [-0.4, -0.2) is 36.0 Å². The smallest absolute Gasteiger partial charge is 0.139 e. The first kappa shape index (κ1) is 35.5. The highest BCUT2D eigenvalue weighted by Gasteiger charge is 2.24.